The number of carbonyl (C=O) groups excluding carboxylic acids is 3. The van der Waals surface area contributed by atoms with Gasteiger partial charge in [0.15, 0.2) is 0 Å². The molecule has 2 aromatic carbocycles. The van der Waals surface area contributed by atoms with Crippen molar-refractivity contribution in [3.63, 3.8) is 0 Å². The Kier molecular flexibility index (Phi) is 5.98. The summed E-state index contributed by atoms with van der Waals surface area (Å²) in [6, 6.07) is 11.9. The van der Waals surface area contributed by atoms with Gasteiger partial charge in [-0.15, -0.1) is 0 Å². The number of aryl methyl sites for hydroxylation is 1. The zero-order valence-electron chi connectivity index (χ0n) is 17.8. The number of carbonyl (C=O) groups is 3. The van der Waals surface area contributed by atoms with Gasteiger partial charge in [0.25, 0.3) is 11.8 Å². The fraction of sp³-hybridized carbons (Fsp3) is 0.261. The zero-order chi connectivity index (χ0) is 22.7. The van der Waals surface area contributed by atoms with Gasteiger partial charge in [0.05, 0.1) is 12.2 Å². The van der Waals surface area contributed by atoms with E-state index in [0.29, 0.717) is 47.1 Å². The highest BCUT2D eigenvalue weighted by molar-refractivity contribution is 6.01. The second-order valence-corrected chi connectivity index (χ2v) is 7.29. The molecule has 2 heterocycles. The van der Waals surface area contributed by atoms with Crippen molar-refractivity contribution in [2.75, 3.05) is 19.7 Å². The first-order chi connectivity index (χ1) is 15.5. The highest BCUT2D eigenvalue weighted by Crippen LogP contribution is 2.24. The van der Waals surface area contributed by atoms with E-state index in [-0.39, 0.29) is 25.0 Å². The third-order valence-corrected chi connectivity index (χ3v) is 5.08. The Labute approximate surface area is 184 Å². The number of rotatable bonds is 7. The minimum Gasteiger partial charge on any atom is -0.462 e. The molecule has 1 aliphatic heterocycles. The molecule has 0 saturated carbocycles. The van der Waals surface area contributed by atoms with E-state index >= 15 is 0 Å². The number of benzene rings is 2. The Morgan fingerprint density at radius 3 is 2.78 bits per heavy atom. The Hall–Kier alpha value is -4.01. The van der Waals surface area contributed by atoms with Gasteiger partial charge in [-0.2, -0.15) is 4.98 Å². The van der Waals surface area contributed by atoms with Crippen molar-refractivity contribution in [2.45, 2.75) is 20.4 Å². The number of hydrogen-bond acceptors (Lipinski definition) is 7. The molecule has 0 saturated heterocycles. The molecule has 1 N–H and O–H groups in total. The van der Waals surface area contributed by atoms with Gasteiger partial charge in [0, 0.05) is 43.2 Å². The summed E-state index contributed by atoms with van der Waals surface area (Å²) in [5, 5.41) is 6.70. The Bertz CT molecular complexity index is 1190. The Morgan fingerprint density at radius 2 is 2.03 bits per heavy atom. The first-order valence-electron chi connectivity index (χ1n) is 10.2. The van der Waals surface area contributed by atoms with E-state index < -0.39 is 5.97 Å². The van der Waals surface area contributed by atoms with Gasteiger partial charge in [-0.25, -0.2) is 4.79 Å². The van der Waals surface area contributed by atoms with Crippen LogP contribution in [0.15, 0.2) is 47.0 Å². The molecule has 0 unspecified atom stereocenters. The van der Waals surface area contributed by atoms with Gasteiger partial charge < -0.3 is 19.5 Å². The number of hydrogen-bond donors (Lipinski definition) is 1. The summed E-state index contributed by atoms with van der Waals surface area (Å²) in [4.78, 5) is 43.0. The molecule has 0 spiro atoms. The number of ether oxygens (including phenoxy) is 1. The van der Waals surface area contributed by atoms with Crippen LogP contribution in [0, 0.1) is 6.92 Å². The quantitative estimate of drug-likeness (QED) is 0.569. The number of esters is 1. The average molecular weight is 434 g/mol. The normalized spacial score (nSPS) is 12.6. The third-order valence-electron chi connectivity index (χ3n) is 5.08. The maximum Gasteiger partial charge on any atom is 0.338 e. The van der Waals surface area contributed by atoms with Crippen LogP contribution in [0.1, 0.15) is 49.5 Å². The third kappa shape index (κ3) is 4.36. The van der Waals surface area contributed by atoms with Crippen LogP contribution in [0.4, 0.5) is 0 Å². The summed E-state index contributed by atoms with van der Waals surface area (Å²) in [6.45, 7) is 4.76. The molecule has 164 valence electrons. The maximum absolute atomic E-state index is 12.7. The van der Waals surface area contributed by atoms with Crippen molar-refractivity contribution in [1.29, 1.82) is 0 Å². The fourth-order valence-electron chi connectivity index (χ4n) is 3.51. The molecule has 1 aromatic heterocycles. The topological polar surface area (TPSA) is 115 Å². The van der Waals surface area contributed by atoms with E-state index in [1.54, 1.807) is 61.2 Å². The lowest BCUT2D eigenvalue weighted by Crippen LogP contribution is -2.35. The van der Waals surface area contributed by atoms with E-state index in [2.05, 4.69) is 15.5 Å². The smallest absolute Gasteiger partial charge is 0.338 e. The van der Waals surface area contributed by atoms with E-state index in [0.717, 1.165) is 5.56 Å². The number of aromatic nitrogens is 2. The van der Waals surface area contributed by atoms with E-state index in [9.17, 15) is 14.4 Å². The van der Waals surface area contributed by atoms with E-state index in [1.807, 2.05) is 0 Å². The monoisotopic (exact) mass is 434 g/mol. The highest BCUT2D eigenvalue weighted by Gasteiger charge is 2.28. The Morgan fingerprint density at radius 1 is 1.19 bits per heavy atom. The van der Waals surface area contributed by atoms with Gasteiger partial charge in [-0.3, -0.25) is 9.59 Å². The van der Waals surface area contributed by atoms with Crippen molar-refractivity contribution < 1.29 is 23.6 Å². The van der Waals surface area contributed by atoms with Crippen molar-refractivity contribution in [3.8, 4) is 11.4 Å². The number of nitrogens with one attached hydrogen (secondary N) is 1. The summed E-state index contributed by atoms with van der Waals surface area (Å²) in [5.74, 6) is -0.0250. The minimum atomic E-state index is -0.452. The largest absolute Gasteiger partial charge is 0.462 e. The lowest BCUT2D eigenvalue weighted by atomic mass is 10.1. The first kappa shape index (κ1) is 21.2. The first-order valence-corrected chi connectivity index (χ1v) is 10.2. The molecule has 1 aliphatic rings. The molecule has 0 bridgehead atoms. The molecular formula is C23H22N4O5. The van der Waals surface area contributed by atoms with Gasteiger partial charge in [0.1, 0.15) is 0 Å². The average Bonchev–Trinajstić information content (AvgIpc) is 3.37. The van der Waals surface area contributed by atoms with Crippen molar-refractivity contribution in [3.05, 3.63) is 70.6 Å². The second-order valence-electron chi connectivity index (χ2n) is 7.29. The van der Waals surface area contributed by atoms with Crippen LogP contribution in [0.25, 0.3) is 11.4 Å². The van der Waals surface area contributed by atoms with Crippen LogP contribution in [0.2, 0.25) is 0 Å². The zero-order valence-corrected chi connectivity index (χ0v) is 17.8. The number of amides is 2. The van der Waals surface area contributed by atoms with Crippen LogP contribution < -0.4 is 5.32 Å². The summed E-state index contributed by atoms with van der Waals surface area (Å²) < 4.78 is 9.98. The van der Waals surface area contributed by atoms with Crippen molar-refractivity contribution in [2.24, 2.45) is 0 Å². The molecule has 0 fully saturated rings. The standard InChI is InChI=1S/C23H22N4O5/c1-3-31-23(30)17-7-8-18-13-27(22(29)19(18)12-17)10-9-24-21(28)16-6-4-5-15(11-16)20-25-14(2)32-26-20/h4-8,11-12H,3,9-10,13H2,1-2H3,(H,24,28). The van der Waals surface area contributed by atoms with Gasteiger partial charge in [-0.05, 0) is 36.8 Å². The van der Waals surface area contributed by atoms with E-state index in [4.69, 9.17) is 9.26 Å². The highest BCUT2D eigenvalue weighted by atomic mass is 16.5. The predicted molar refractivity (Wildman–Crippen MR) is 114 cm³/mol. The summed E-state index contributed by atoms with van der Waals surface area (Å²) >= 11 is 0. The maximum atomic E-state index is 12.7. The molecule has 2 amide bonds. The van der Waals surface area contributed by atoms with Crippen LogP contribution in [0.5, 0.6) is 0 Å². The number of nitrogens with zero attached hydrogens (tertiary/aromatic N) is 3. The van der Waals surface area contributed by atoms with Crippen LogP contribution in [0.3, 0.4) is 0 Å². The molecule has 4 rings (SSSR count). The lowest BCUT2D eigenvalue weighted by molar-refractivity contribution is 0.0526. The molecule has 0 atom stereocenters. The van der Waals surface area contributed by atoms with E-state index in [1.165, 1.54) is 0 Å². The lowest BCUT2D eigenvalue weighted by Gasteiger charge is -2.16. The molecular weight excluding hydrogens is 412 g/mol. The van der Waals surface area contributed by atoms with Crippen LogP contribution in [-0.2, 0) is 11.3 Å². The fourth-order valence-corrected chi connectivity index (χ4v) is 3.51. The SMILES string of the molecule is CCOC(=O)c1ccc2c(c1)C(=O)N(CCNC(=O)c1cccc(-c3noc(C)n3)c1)C2. The summed E-state index contributed by atoms with van der Waals surface area (Å²) in [5.41, 5.74) is 2.82. The number of fused-ring (bicyclic) bond motifs is 1. The molecule has 9 heteroatoms. The van der Waals surface area contributed by atoms with Crippen molar-refractivity contribution in [1.82, 2.24) is 20.4 Å². The molecule has 3 aromatic rings. The van der Waals surface area contributed by atoms with Gasteiger partial charge in [-0.1, -0.05) is 23.4 Å². The molecule has 0 radical (unpaired) electrons. The molecule has 9 nitrogen and oxygen atoms in total. The summed E-state index contributed by atoms with van der Waals surface area (Å²) in [6.07, 6.45) is 0. The minimum absolute atomic E-state index is 0.171. The van der Waals surface area contributed by atoms with Crippen LogP contribution >= 0.6 is 0 Å². The molecule has 32 heavy (non-hydrogen) atoms. The van der Waals surface area contributed by atoms with Gasteiger partial charge in [0.2, 0.25) is 11.7 Å². The summed E-state index contributed by atoms with van der Waals surface area (Å²) in [7, 11) is 0. The van der Waals surface area contributed by atoms with Crippen molar-refractivity contribution >= 4 is 17.8 Å². The molecule has 0 aliphatic carbocycles. The Balaban J connectivity index is 1.35. The second kappa shape index (κ2) is 9.01. The predicted octanol–water partition coefficient (Wildman–Crippen LogP) is 2.61. The van der Waals surface area contributed by atoms with Crippen LogP contribution in [-0.4, -0.2) is 52.5 Å². The van der Waals surface area contributed by atoms with Gasteiger partial charge >= 0.3 is 5.97 Å².